The van der Waals surface area contributed by atoms with Crippen molar-refractivity contribution in [2.75, 3.05) is 26.7 Å². The molecule has 6 heteroatoms. The van der Waals surface area contributed by atoms with Crippen LogP contribution in [-0.4, -0.2) is 53.5 Å². The Morgan fingerprint density at radius 2 is 2.11 bits per heavy atom. The van der Waals surface area contributed by atoms with Gasteiger partial charge in [0, 0.05) is 13.1 Å². The van der Waals surface area contributed by atoms with Crippen molar-refractivity contribution in [1.29, 1.82) is 0 Å². The Kier molecular flexibility index (Phi) is 4.21. The predicted molar refractivity (Wildman–Crippen MR) is 67.8 cm³/mol. The first kappa shape index (κ1) is 13.6. The normalized spacial score (nSPS) is 15.2. The largest absolute Gasteiger partial charge is 0.478 e. The molecule has 0 saturated carbocycles. The molecule has 1 aromatic heterocycles. The third-order valence-corrected chi connectivity index (χ3v) is 3.19. The molecule has 1 saturated heterocycles. The van der Waals surface area contributed by atoms with Crippen LogP contribution in [0.4, 0.5) is 0 Å². The standard InChI is InChI=1S/C13H18N2O4/c1-14(8-12(16)15-4-2-3-5-15)7-11-6-10(9-19-11)13(17)18/h6,9H,2-5,7-8H2,1H3,(H,17,18). The van der Waals surface area contributed by atoms with Crippen LogP contribution < -0.4 is 0 Å². The zero-order chi connectivity index (χ0) is 13.8. The molecular formula is C13H18N2O4. The summed E-state index contributed by atoms with van der Waals surface area (Å²) in [4.78, 5) is 26.3. The van der Waals surface area contributed by atoms with E-state index in [1.54, 1.807) is 0 Å². The highest BCUT2D eigenvalue weighted by atomic mass is 16.4. The van der Waals surface area contributed by atoms with Crippen LogP contribution in [-0.2, 0) is 11.3 Å². The van der Waals surface area contributed by atoms with Crippen molar-refractivity contribution in [3.63, 3.8) is 0 Å². The lowest BCUT2D eigenvalue weighted by molar-refractivity contribution is -0.131. The second kappa shape index (κ2) is 5.88. The Bertz CT molecular complexity index is 463. The van der Waals surface area contributed by atoms with Gasteiger partial charge >= 0.3 is 5.97 Å². The van der Waals surface area contributed by atoms with Crippen LogP contribution in [0.15, 0.2) is 16.7 Å². The fourth-order valence-electron chi connectivity index (χ4n) is 2.20. The van der Waals surface area contributed by atoms with Gasteiger partial charge in [-0.15, -0.1) is 0 Å². The van der Waals surface area contributed by atoms with Gasteiger partial charge in [0.2, 0.25) is 5.91 Å². The van der Waals surface area contributed by atoms with E-state index in [0.29, 0.717) is 18.8 Å². The number of likely N-dealkylation sites (N-methyl/N-ethyl adjacent to an activating group) is 1. The Morgan fingerprint density at radius 3 is 2.68 bits per heavy atom. The van der Waals surface area contributed by atoms with Gasteiger partial charge in [0.05, 0.1) is 18.7 Å². The summed E-state index contributed by atoms with van der Waals surface area (Å²) in [5.74, 6) is -0.343. The van der Waals surface area contributed by atoms with Gasteiger partial charge in [-0.05, 0) is 26.0 Å². The van der Waals surface area contributed by atoms with Crippen LogP contribution in [0, 0.1) is 0 Å². The van der Waals surface area contributed by atoms with E-state index in [-0.39, 0.29) is 11.5 Å². The van der Waals surface area contributed by atoms with E-state index in [4.69, 9.17) is 9.52 Å². The summed E-state index contributed by atoms with van der Waals surface area (Å²) in [6.07, 6.45) is 3.37. The van der Waals surface area contributed by atoms with Crippen LogP contribution in [0.25, 0.3) is 0 Å². The van der Waals surface area contributed by atoms with Crippen LogP contribution in [0.1, 0.15) is 29.0 Å². The molecule has 1 aliphatic rings. The van der Waals surface area contributed by atoms with E-state index in [1.807, 2.05) is 16.8 Å². The van der Waals surface area contributed by atoms with Crippen LogP contribution >= 0.6 is 0 Å². The Morgan fingerprint density at radius 1 is 1.42 bits per heavy atom. The summed E-state index contributed by atoms with van der Waals surface area (Å²) < 4.78 is 5.16. The highest BCUT2D eigenvalue weighted by Gasteiger charge is 2.19. The first-order valence-corrected chi connectivity index (χ1v) is 6.33. The molecule has 1 N–H and O–H groups in total. The maximum absolute atomic E-state index is 11.9. The van der Waals surface area contributed by atoms with Gasteiger partial charge < -0.3 is 14.4 Å². The van der Waals surface area contributed by atoms with Crippen molar-refractivity contribution in [3.05, 3.63) is 23.7 Å². The molecule has 0 radical (unpaired) electrons. The van der Waals surface area contributed by atoms with Gasteiger partial charge in [-0.25, -0.2) is 4.79 Å². The van der Waals surface area contributed by atoms with E-state index in [2.05, 4.69) is 0 Å². The van der Waals surface area contributed by atoms with Gasteiger partial charge in [-0.2, -0.15) is 0 Å². The van der Waals surface area contributed by atoms with Crippen LogP contribution in [0.2, 0.25) is 0 Å². The molecule has 0 aromatic carbocycles. The van der Waals surface area contributed by atoms with Crippen molar-refractivity contribution in [1.82, 2.24) is 9.80 Å². The summed E-state index contributed by atoms with van der Waals surface area (Å²) in [5, 5.41) is 8.79. The number of carboxylic acids is 1. The molecule has 1 aliphatic heterocycles. The lowest BCUT2D eigenvalue weighted by Gasteiger charge is -2.20. The number of nitrogens with zero attached hydrogens (tertiary/aromatic N) is 2. The third kappa shape index (κ3) is 3.57. The van der Waals surface area contributed by atoms with Gasteiger partial charge in [-0.3, -0.25) is 9.69 Å². The van der Waals surface area contributed by atoms with Crippen LogP contribution in [0.5, 0.6) is 0 Å². The van der Waals surface area contributed by atoms with Crippen molar-refractivity contribution >= 4 is 11.9 Å². The molecule has 1 amide bonds. The fourth-order valence-corrected chi connectivity index (χ4v) is 2.20. The quantitative estimate of drug-likeness (QED) is 0.861. The molecule has 1 aromatic rings. The molecule has 2 rings (SSSR count). The SMILES string of the molecule is CN(CC(=O)N1CCCC1)Cc1cc(C(=O)O)co1. The Labute approximate surface area is 111 Å². The number of furan rings is 1. The number of hydrogen-bond donors (Lipinski definition) is 1. The van der Waals surface area contributed by atoms with E-state index in [9.17, 15) is 9.59 Å². The highest BCUT2D eigenvalue weighted by molar-refractivity contribution is 5.87. The van der Waals surface area contributed by atoms with Gasteiger partial charge in [-0.1, -0.05) is 0 Å². The number of likely N-dealkylation sites (tertiary alicyclic amines) is 1. The van der Waals surface area contributed by atoms with E-state index in [0.717, 1.165) is 25.9 Å². The molecule has 104 valence electrons. The lowest BCUT2D eigenvalue weighted by atomic mass is 10.3. The number of carboxylic acid groups (broad SMARTS) is 1. The van der Waals surface area contributed by atoms with E-state index in [1.165, 1.54) is 12.3 Å². The molecule has 0 spiro atoms. The number of aromatic carboxylic acids is 1. The zero-order valence-corrected chi connectivity index (χ0v) is 11.0. The first-order valence-electron chi connectivity index (χ1n) is 6.33. The molecular weight excluding hydrogens is 248 g/mol. The van der Waals surface area contributed by atoms with Crippen molar-refractivity contribution in [2.45, 2.75) is 19.4 Å². The van der Waals surface area contributed by atoms with E-state index < -0.39 is 5.97 Å². The smallest absolute Gasteiger partial charge is 0.338 e. The summed E-state index contributed by atoms with van der Waals surface area (Å²) in [6.45, 7) is 2.43. The molecule has 6 nitrogen and oxygen atoms in total. The average molecular weight is 266 g/mol. The molecule has 0 atom stereocenters. The molecule has 0 unspecified atom stereocenters. The number of carbonyl (C=O) groups is 2. The highest BCUT2D eigenvalue weighted by Crippen LogP contribution is 2.11. The third-order valence-electron chi connectivity index (χ3n) is 3.19. The summed E-state index contributed by atoms with van der Waals surface area (Å²) in [5.41, 5.74) is 0.134. The second-order valence-electron chi connectivity index (χ2n) is 4.87. The monoisotopic (exact) mass is 266 g/mol. The molecule has 19 heavy (non-hydrogen) atoms. The Balaban J connectivity index is 1.84. The number of rotatable bonds is 5. The maximum Gasteiger partial charge on any atom is 0.338 e. The maximum atomic E-state index is 11.9. The minimum atomic E-state index is -1.01. The Hall–Kier alpha value is -1.82. The first-order chi connectivity index (χ1) is 9.06. The van der Waals surface area contributed by atoms with Crippen LogP contribution in [0.3, 0.4) is 0 Å². The number of hydrogen-bond acceptors (Lipinski definition) is 4. The average Bonchev–Trinajstić information content (AvgIpc) is 2.98. The fraction of sp³-hybridized carbons (Fsp3) is 0.538. The minimum absolute atomic E-state index is 0.116. The van der Waals surface area contributed by atoms with E-state index >= 15 is 0 Å². The van der Waals surface area contributed by atoms with Gasteiger partial charge in [0.15, 0.2) is 0 Å². The molecule has 2 heterocycles. The minimum Gasteiger partial charge on any atom is -0.478 e. The molecule has 1 fully saturated rings. The lowest BCUT2D eigenvalue weighted by Crippen LogP contribution is -2.36. The summed E-state index contributed by atoms with van der Waals surface area (Å²) in [7, 11) is 1.82. The zero-order valence-electron chi connectivity index (χ0n) is 11.0. The number of carbonyl (C=O) groups excluding carboxylic acids is 1. The van der Waals surface area contributed by atoms with Crippen molar-refractivity contribution in [2.24, 2.45) is 0 Å². The second-order valence-corrected chi connectivity index (χ2v) is 4.87. The summed E-state index contributed by atoms with van der Waals surface area (Å²) in [6, 6.07) is 1.49. The van der Waals surface area contributed by atoms with Gasteiger partial charge in [0.25, 0.3) is 0 Å². The molecule has 0 aliphatic carbocycles. The van der Waals surface area contributed by atoms with Crippen molar-refractivity contribution < 1.29 is 19.1 Å². The van der Waals surface area contributed by atoms with Crippen molar-refractivity contribution in [3.8, 4) is 0 Å². The number of amides is 1. The summed E-state index contributed by atoms with van der Waals surface area (Å²) >= 11 is 0. The predicted octanol–water partition coefficient (Wildman–Crippen LogP) is 1.03. The van der Waals surface area contributed by atoms with Gasteiger partial charge in [0.1, 0.15) is 12.0 Å². The topological polar surface area (TPSA) is 74.0 Å². The molecule has 0 bridgehead atoms.